The van der Waals surface area contributed by atoms with Gasteiger partial charge in [0.15, 0.2) is 0 Å². The normalized spacial score (nSPS) is 10.9. The summed E-state index contributed by atoms with van der Waals surface area (Å²) < 4.78 is 14.9. The maximum Gasteiger partial charge on any atom is 0.124 e. The van der Waals surface area contributed by atoms with Crippen LogP contribution in [0, 0.1) is 19.7 Å². The van der Waals surface area contributed by atoms with E-state index < -0.39 is 0 Å². The molecule has 0 aliphatic rings. The van der Waals surface area contributed by atoms with Gasteiger partial charge in [-0.1, -0.05) is 11.6 Å². The summed E-state index contributed by atoms with van der Waals surface area (Å²) in [6, 6.07) is 6.20. The van der Waals surface area contributed by atoms with Crippen LogP contribution in [0.2, 0.25) is 5.02 Å². The van der Waals surface area contributed by atoms with Crippen LogP contribution in [0.1, 0.15) is 17.0 Å². The van der Waals surface area contributed by atoms with Crippen LogP contribution in [-0.4, -0.2) is 9.67 Å². The number of aliphatic hydroxyl groups excluding tert-OH is 1. The lowest BCUT2D eigenvalue weighted by atomic mass is 10.2. The van der Waals surface area contributed by atoms with Crippen LogP contribution in [0.4, 0.5) is 4.39 Å². The molecule has 0 amide bonds. The minimum atomic E-state index is -0.358. The fourth-order valence-electron chi connectivity index (χ4n) is 2.02. The molecule has 0 fully saturated rings. The molecular weight excluding hydrogens is 241 g/mol. The summed E-state index contributed by atoms with van der Waals surface area (Å²) in [6.07, 6.45) is 0. The largest absolute Gasteiger partial charge is 0.392 e. The second kappa shape index (κ2) is 4.51. The van der Waals surface area contributed by atoms with Crippen molar-refractivity contribution in [3.63, 3.8) is 0 Å². The summed E-state index contributed by atoms with van der Waals surface area (Å²) in [7, 11) is 0. The third-order valence-electron chi connectivity index (χ3n) is 2.86. The molecule has 2 nitrogen and oxygen atoms in total. The van der Waals surface area contributed by atoms with Crippen molar-refractivity contribution in [1.29, 1.82) is 0 Å². The van der Waals surface area contributed by atoms with Gasteiger partial charge in [-0.25, -0.2) is 4.39 Å². The molecule has 0 saturated heterocycles. The molecular formula is C13H13ClFNO. The Kier molecular flexibility index (Phi) is 3.22. The van der Waals surface area contributed by atoms with Gasteiger partial charge in [-0.05, 0) is 43.7 Å². The molecule has 0 saturated carbocycles. The van der Waals surface area contributed by atoms with E-state index >= 15 is 0 Å². The maximum absolute atomic E-state index is 13.0. The van der Waals surface area contributed by atoms with Crippen LogP contribution >= 0.6 is 11.6 Å². The van der Waals surface area contributed by atoms with E-state index in [4.69, 9.17) is 11.6 Å². The highest BCUT2D eigenvalue weighted by atomic mass is 35.5. The summed E-state index contributed by atoms with van der Waals surface area (Å²) in [5.41, 5.74) is 3.45. The number of aryl methyl sites for hydroxylation is 1. The van der Waals surface area contributed by atoms with E-state index in [-0.39, 0.29) is 12.4 Å². The van der Waals surface area contributed by atoms with Gasteiger partial charge in [-0.2, -0.15) is 0 Å². The minimum Gasteiger partial charge on any atom is -0.392 e. The SMILES string of the molecule is Cc1cc(CO)c(C)n1-c1ccc(F)cc1Cl. The molecule has 90 valence electrons. The first-order valence-electron chi connectivity index (χ1n) is 5.28. The van der Waals surface area contributed by atoms with Gasteiger partial charge >= 0.3 is 0 Å². The molecule has 0 bridgehead atoms. The van der Waals surface area contributed by atoms with Crippen LogP contribution < -0.4 is 0 Å². The van der Waals surface area contributed by atoms with Crippen LogP contribution in [0.3, 0.4) is 0 Å². The molecule has 1 N–H and O–H groups in total. The Morgan fingerprint density at radius 1 is 1.29 bits per heavy atom. The average molecular weight is 254 g/mol. The molecule has 1 aromatic heterocycles. The van der Waals surface area contributed by atoms with Gasteiger partial charge in [0.05, 0.1) is 17.3 Å². The number of halogens is 2. The molecule has 1 heterocycles. The highest BCUT2D eigenvalue weighted by molar-refractivity contribution is 6.32. The average Bonchev–Trinajstić information content (AvgIpc) is 2.55. The Balaban J connectivity index is 2.64. The second-order valence-electron chi connectivity index (χ2n) is 3.99. The van der Waals surface area contributed by atoms with E-state index in [2.05, 4.69) is 0 Å². The van der Waals surface area contributed by atoms with Gasteiger partial charge in [-0.3, -0.25) is 0 Å². The lowest BCUT2D eigenvalue weighted by molar-refractivity contribution is 0.281. The number of rotatable bonds is 2. The predicted octanol–water partition coefficient (Wildman–Crippen LogP) is 3.38. The van der Waals surface area contributed by atoms with E-state index in [9.17, 15) is 9.50 Å². The van der Waals surface area contributed by atoms with Crippen molar-refractivity contribution in [2.45, 2.75) is 20.5 Å². The van der Waals surface area contributed by atoms with Gasteiger partial charge in [0.1, 0.15) is 5.82 Å². The van der Waals surface area contributed by atoms with E-state index in [1.165, 1.54) is 12.1 Å². The third kappa shape index (κ3) is 2.08. The lowest BCUT2D eigenvalue weighted by Crippen LogP contribution is -2.01. The summed E-state index contributed by atoms with van der Waals surface area (Å²) in [6.45, 7) is 3.81. The fourth-order valence-corrected chi connectivity index (χ4v) is 2.27. The molecule has 0 spiro atoms. The number of hydrogen-bond donors (Lipinski definition) is 1. The molecule has 0 aliphatic heterocycles. The smallest absolute Gasteiger partial charge is 0.124 e. The van der Waals surface area contributed by atoms with E-state index in [0.29, 0.717) is 5.02 Å². The third-order valence-corrected chi connectivity index (χ3v) is 3.16. The first-order chi connectivity index (χ1) is 8.04. The van der Waals surface area contributed by atoms with E-state index in [1.54, 1.807) is 6.07 Å². The highest BCUT2D eigenvalue weighted by Gasteiger charge is 2.12. The topological polar surface area (TPSA) is 25.2 Å². The summed E-state index contributed by atoms with van der Waals surface area (Å²) in [4.78, 5) is 0. The van der Waals surface area contributed by atoms with Gasteiger partial charge in [0, 0.05) is 11.4 Å². The predicted molar refractivity (Wildman–Crippen MR) is 66.1 cm³/mol. The molecule has 17 heavy (non-hydrogen) atoms. The van der Waals surface area contributed by atoms with Crippen LogP contribution in [0.25, 0.3) is 5.69 Å². The zero-order valence-corrected chi connectivity index (χ0v) is 10.4. The van der Waals surface area contributed by atoms with Crippen LogP contribution in [0.15, 0.2) is 24.3 Å². The van der Waals surface area contributed by atoms with Gasteiger partial charge < -0.3 is 9.67 Å². The molecule has 0 aliphatic carbocycles. The summed E-state index contributed by atoms with van der Waals surface area (Å²) >= 11 is 6.04. The molecule has 1 aromatic carbocycles. The fraction of sp³-hybridized carbons (Fsp3) is 0.231. The molecule has 0 radical (unpaired) electrons. The Bertz CT molecular complexity index is 563. The Morgan fingerprint density at radius 3 is 2.53 bits per heavy atom. The first-order valence-corrected chi connectivity index (χ1v) is 5.66. The molecule has 4 heteroatoms. The van der Waals surface area contributed by atoms with Crippen LogP contribution in [0.5, 0.6) is 0 Å². The highest BCUT2D eigenvalue weighted by Crippen LogP contribution is 2.27. The Morgan fingerprint density at radius 2 is 2.00 bits per heavy atom. The summed E-state index contributed by atoms with van der Waals surface area (Å²) in [5, 5.41) is 9.57. The van der Waals surface area contributed by atoms with Crippen molar-refractivity contribution in [3.8, 4) is 5.69 Å². The number of benzene rings is 1. The van der Waals surface area contributed by atoms with Gasteiger partial charge in [0.25, 0.3) is 0 Å². The standard InChI is InChI=1S/C13H13ClFNO/c1-8-5-10(7-17)9(2)16(8)13-4-3-11(15)6-12(13)14/h3-6,17H,7H2,1-2H3. The van der Waals surface area contributed by atoms with Crippen molar-refractivity contribution >= 4 is 11.6 Å². The van der Waals surface area contributed by atoms with Crippen molar-refractivity contribution < 1.29 is 9.50 Å². The Labute approximate surface area is 104 Å². The van der Waals surface area contributed by atoms with Crippen molar-refractivity contribution in [2.75, 3.05) is 0 Å². The molecule has 2 aromatic rings. The summed E-state index contributed by atoms with van der Waals surface area (Å²) in [5.74, 6) is -0.358. The number of hydrogen-bond acceptors (Lipinski definition) is 1. The quantitative estimate of drug-likeness (QED) is 0.872. The first kappa shape index (κ1) is 12.1. The number of aromatic nitrogens is 1. The Hall–Kier alpha value is -1.32. The zero-order chi connectivity index (χ0) is 12.6. The monoisotopic (exact) mass is 253 g/mol. The maximum atomic E-state index is 13.0. The van der Waals surface area contributed by atoms with E-state index in [0.717, 1.165) is 22.6 Å². The molecule has 0 unspecified atom stereocenters. The number of aliphatic hydroxyl groups is 1. The van der Waals surface area contributed by atoms with Gasteiger partial charge in [-0.15, -0.1) is 0 Å². The minimum absolute atomic E-state index is 0.0154. The van der Waals surface area contributed by atoms with Crippen molar-refractivity contribution in [2.24, 2.45) is 0 Å². The lowest BCUT2D eigenvalue weighted by Gasteiger charge is -2.11. The van der Waals surface area contributed by atoms with Gasteiger partial charge in [0.2, 0.25) is 0 Å². The second-order valence-corrected chi connectivity index (χ2v) is 4.39. The van der Waals surface area contributed by atoms with Crippen LogP contribution in [-0.2, 0) is 6.61 Å². The van der Waals surface area contributed by atoms with Crippen molar-refractivity contribution in [3.05, 3.63) is 52.1 Å². The van der Waals surface area contributed by atoms with E-state index in [1.807, 2.05) is 24.5 Å². The molecule has 0 atom stereocenters. The molecule has 2 rings (SSSR count). The zero-order valence-electron chi connectivity index (χ0n) is 9.67. The number of nitrogens with zero attached hydrogens (tertiary/aromatic N) is 1. The van der Waals surface area contributed by atoms with Crippen molar-refractivity contribution in [1.82, 2.24) is 4.57 Å².